The molecule has 7 nitrogen and oxygen atoms in total. The van der Waals surface area contributed by atoms with Crippen molar-refractivity contribution < 1.29 is 14.3 Å². The topological polar surface area (TPSA) is 100 Å². The van der Waals surface area contributed by atoms with Gasteiger partial charge in [-0.05, 0) is 49.6 Å². The number of aryl methyl sites for hydroxylation is 1. The second kappa shape index (κ2) is 11.8. The molecular formula is C25H27Cl3N4O3. The minimum absolute atomic E-state index is 0. The molecular weight excluding hydrogens is 511 g/mol. The Morgan fingerprint density at radius 2 is 1.94 bits per heavy atom. The summed E-state index contributed by atoms with van der Waals surface area (Å²) in [6, 6.07) is 14.5. The number of aromatic nitrogens is 1. The number of para-hydroxylation sites is 2. The minimum Gasteiger partial charge on any atom is -0.487 e. The molecule has 35 heavy (non-hydrogen) atoms. The molecule has 2 amide bonds. The van der Waals surface area contributed by atoms with E-state index in [9.17, 15) is 9.59 Å². The molecule has 0 aliphatic carbocycles. The highest BCUT2D eigenvalue weighted by molar-refractivity contribution is 6.44. The number of aromatic amines is 1. The molecule has 1 aromatic heterocycles. The number of nitrogens with two attached hydrogens (primary N) is 1. The van der Waals surface area contributed by atoms with E-state index in [4.69, 9.17) is 33.7 Å². The molecule has 1 aliphatic rings. The normalized spacial score (nSPS) is 15.3. The number of halogens is 3. The highest BCUT2D eigenvalue weighted by Gasteiger charge is 2.23. The maximum Gasteiger partial charge on any atom is 0.273 e. The minimum atomic E-state index is -0.427. The first-order chi connectivity index (χ1) is 16.3. The van der Waals surface area contributed by atoms with Crippen LogP contribution in [0, 0.1) is 6.92 Å². The SMILES string of the molecule is Cc1[nH]c(C(=O)Nc2ccccc2OCc2cccc(C(=O)N3CCCC(N)C3)c2)c(Cl)c1Cl.Cl. The van der Waals surface area contributed by atoms with Gasteiger partial charge in [0, 0.05) is 30.4 Å². The standard InChI is InChI=1S/C25H26Cl2N4O3.ClH/c1-15-21(26)22(27)23(29-15)24(32)30-19-9-2-3-10-20(19)34-14-16-6-4-7-17(12-16)25(33)31-11-5-8-18(28)13-31;/h2-4,6-7,9-10,12,18,29H,5,8,11,13-14,28H2,1H3,(H,30,32);1H. The number of nitrogens with one attached hydrogen (secondary N) is 2. The number of likely N-dealkylation sites (tertiary alicyclic amines) is 1. The molecule has 2 heterocycles. The van der Waals surface area contributed by atoms with Crippen molar-refractivity contribution in [2.45, 2.75) is 32.4 Å². The summed E-state index contributed by atoms with van der Waals surface area (Å²) >= 11 is 12.3. The summed E-state index contributed by atoms with van der Waals surface area (Å²) in [6.07, 6.45) is 1.86. The van der Waals surface area contributed by atoms with E-state index in [1.165, 1.54) is 0 Å². The van der Waals surface area contributed by atoms with Gasteiger partial charge in [0.25, 0.3) is 11.8 Å². The number of H-pyrrole nitrogens is 1. The van der Waals surface area contributed by atoms with E-state index in [0.29, 0.717) is 34.3 Å². The Bertz CT molecular complexity index is 1210. The van der Waals surface area contributed by atoms with E-state index in [2.05, 4.69) is 10.3 Å². The summed E-state index contributed by atoms with van der Waals surface area (Å²) < 4.78 is 5.99. The smallest absolute Gasteiger partial charge is 0.273 e. The number of piperidine rings is 1. The van der Waals surface area contributed by atoms with Gasteiger partial charge in [-0.15, -0.1) is 12.4 Å². The second-order valence-electron chi connectivity index (χ2n) is 8.35. The quantitative estimate of drug-likeness (QED) is 0.389. The monoisotopic (exact) mass is 536 g/mol. The predicted octanol–water partition coefficient (Wildman–Crippen LogP) is 5.45. The predicted molar refractivity (Wildman–Crippen MR) is 141 cm³/mol. The Morgan fingerprint density at radius 1 is 1.17 bits per heavy atom. The average molecular weight is 538 g/mol. The summed E-state index contributed by atoms with van der Waals surface area (Å²) in [5.41, 5.74) is 8.75. The lowest BCUT2D eigenvalue weighted by molar-refractivity contribution is 0.0708. The van der Waals surface area contributed by atoms with Crippen LogP contribution >= 0.6 is 35.6 Å². The van der Waals surface area contributed by atoms with E-state index in [1.54, 1.807) is 36.1 Å². The lowest BCUT2D eigenvalue weighted by Gasteiger charge is -2.30. The van der Waals surface area contributed by atoms with Crippen molar-refractivity contribution in [1.82, 2.24) is 9.88 Å². The highest BCUT2D eigenvalue weighted by Crippen LogP contribution is 2.31. The molecule has 0 spiro atoms. The van der Waals surface area contributed by atoms with Crippen LogP contribution in [0.15, 0.2) is 48.5 Å². The van der Waals surface area contributed by atoms with Crippen molar-refractivity contribution in [3.63, 3.8) is 0 Å². The lowest BCUT2D eigenvalue weighted by Crippen LogP contribution is -2.45. The van der Waals surface area contributed by atoms with E-state index in [1.807, 2.05) is 24.3 Å². The third-order valence-corrected chi connectivity index (χ3v) is 6.68. The van der Waals surface area contributed by atoms with Crippen molar-refractivity contribution in [2.24, 2.45) is 5.73 Å². The molecule has 1 unspecified atom stereocenters. The molecule has 0 radical (unpaired) electrons. The van der Waals surface area contributed by atoms with Gasteiger partial charge >= 0.3 is 0 Å². The maximum atomic E-state index is 12.9. The third kappa shape index (κ3) is 6.30. The van der Waals surface area contributed by atoms with Gasteiger partial charge < -0.3 is 25.7 Å². The van der Waals surface area contributed by atoms with Gasteiger partial charge in [-0.1, -0.05) is 47.5 Å². The summed E-state index contributed by atoms with van der Waals surface area (Å²) in [5.74, 6) is 0.0323. The van der Waals surface area contributed by atoms with Gasteiger partial charge in [0.15, 0.2) is 0 Å². The Labute approximate surface area is 220 Å². The zero-order valence-corrected chi connectivity index (χ0v) is 21.5. The first-order valence-electron chi connectivity index (χ1n) is 11.0. The Hall–Kier alpha value is -2.71. The average Bonchev–Trinajstić information content (AvgIpc) is 3.10. The fourth-order valence-electron chi connectivity index (χ4n) is 3.94. The van der Waals surface area contributed by atoms with Crippen molar-refractivity contribution in [3.8, 4) is 5.75 Å². The Kier molecular flexibility index (Phi) is 9.08. The van der Waals surface area contributed by atoms with Crippen LogP contribution in [0.5, 0.6) is 5.75 Å². The number of nitrogens with zero attached hydrogens (tertiary/aromatic N) is 1. The summed E-state index contributed by atoms with van der Waals surface area (Å²) in [6.45, 7) is 3.25. The second-order valence-corrected chi connectivity index (χ2v) is 9.10. The number of rotatable bonds is 6. The fourth-order valence-corrected chi connectivity index (χ4v) is 4.36. The van der Waals surface area contributed by atoms with Gasteiger partial charge in [0.05, 0.1) is 15.7 Å². The lowest BCUT2D eigenvalue weighted by atomic mass is 10.0. The third-order valence-electron chi connectivity index (χ3n) is 5.73. The molecule has 4 N–H and O–H groups in total. The summed E-state index contributed by atoms with van der Waals surface area (Å²) in [7, 11) is 0. The molecule has 3 aromatic rings. The Morgan fingerprint density at radius 3 is 2.66 bits per heavy atom. The molecule has 1 fully saturated rings. The molecule has 2 aromatic carbocycles. The van der Waals surface area contributed by atoms with Gasteiger partial charge in [-0.25, -0.2) is 0 Å². The van der Waals surface area contributed by atoms with Crippen LogP contribution in [-0.4, -0.2) is 40.8 Å². The molecule has 1 aliphatic heterocycles. The molecule has 1 atom stereocenters. The van der Waals surface area contributed by atoms with Gasteiger partial charge in [-0.2, -0.15) is 0 Å². The number of carbonyl (C=O) groups excluding carboxylic acids is 2. The van der Waals surface area contributed by atoms with E-state index >= 15 is 0 Å². The highest BCUT2D eigenvalue weighted by atomic mass is 35.5. The van der Waals surface area contributed by atoms with Crippen molar-refractivity contribution in [3.05, 3.63) is 81.1 Å². The molecule has 4 rings (SSSR count). The van der Waals surface area contributed by atoms with Crippen molar-refractivity contribution in [1.29, 1.82) is 0 Å². The van der Waals surface area contributed by atoms with Crippen LogP contribution in [0.25, 0.3) is 0 Å². The summed E-state index contributed by atoms with van der Waals surface area (Å²) in [5, 5.41) is 3.30. The van der Waals surface area contributed by atoms with Crippen LogP contribution < -0.4 is 15.8 Å². The molecule has 1 saturated heterocycles. The van der Waals surface area contributed by atoms with E-state index in [-0.39, 0.29) is 41.7 Å². The zero-order chi connectivity index (χ0) is 24.2. The van der Waals surface area contributed by atoms with Crippen LogP contribution in [0.3, 0.4) is 0 Å². The van der Waals surface area contributed by atoms with E-state index < -0.39 is 5.91 Å². The number of carbonyl (C=O) groups is 2. The first kappa shape index (κ1) is 26.9. The van der Waals surface area contributed by atoms with Gasteiger partial charge in [0.2, 0.25) is 0 Å². The maximum absolute atomic E-state index is 12.9. The largest absolute Gasteiger partial charge is 0.487 e. The molecule has 10 heteroatoms. The van der Waals surface area contributed by atoms with Crippen LogP contribution in [0.4, 0.5) is 5.69 Å². The molecule has 186 valence electrons. The Balaban J connectivity index is 0.00000342. The van der Waals surface area contributed by atoms with Gasteiger partial charge in [0.1, 0.15) is 18.1 Å². The number of anilines is 1. The summed E-state index contributed by atoms with van der Waals surface area (Å²) in [4.78, 5) is 30.3. The van der Waals surface area contributed by atoms with Crippen LogP contribution in [0.1, 0.15) is 44.9 Å². The number of benzene rings is 2. The van der Waals surface area contributed by atoms with Crippen molar-refractivity contribution >= 4 is 53.1 Å². The zero-order valence-electron chi connectivity index (χ0n) is 19.1. The van der Waals surface area contributed by atoms with Gasteiger partial charge in [-0.3, -0.25) is 9.59 Å². The fraction of sp³-hybridized carbons (Fsp3) is 0.280. The number of amides is 2. The number of hydrogen-bond donors (Lipinski definition) is 3. The molecule has 0 saturated carbocycles. The van der Waals surface area contributed by atoms with Crippen LogP contribution in [0.2, 0.25) is 10.0 Å². The molecule has 0 bridgehead atoms. The van der Waals surface area contributed by atoms with Crippen molar-refractivity contribution in [2.75, 3.05) is 18.4 Å². The number of hydrogen-bond acceptors (Lipinski definition) is 4. The van der Waals surface area contributed by atoms with Crippen LogP contribution in [-0.2, 0) is 6.61 Å². The first-order valence-corrected chi connectivity index (χ1v) is 11.8. The van der Waals surface area contributed by atoms with E-state index in [0.717, 1.165) is 24.9 Å². The number of ether oxygens (including phenoxy) is 1.